The number of nitrogens with two attached hydrogens (primary N) is 1. The van der Waals surface area contributed by atoms with E-state index in [2.05, 4.69) is 17.1 Å². The molecule has 0 aromatic heterocycles. The number of nitrogens with zero attached hydrogens (tertiary/aromatic N) is 1. The SMILES string of the molecule is CCCC1CCN(CC(=O)Nc2cccc(N)c2C)C1. The number of carbonyl (C=O) groups is 1. The molecular formula is C16H25N3O. The van der Waals surface area contributed by atoms with Gasteiger partial charge in [0.2, 0.25) is 5.91 Å². The van der Waals surface area contributed by atoms with Crippen molar-refractivity contribution in [3.05, 3.63) is 23.8 Å². The van der Waals surface area contributed by atoms with Crippen LogP contribution in [0.25, 0.3) is 0 Å². The van der Waals surface area contributed by atoms with Crippen LogP contribution in [0.4, 0.5) is 11.4 Å². The zero-order chi connectivity index (χ0) is 14.5. The number of hydrogen-bond donors (Lipinski definition) is 2. The molecule has 20 heavy (non-hydrogen) atoms. The topological polar surface area (TPSA) is 58.4 Å². The van der Waals surface area contributed by atoms with Crippen LogP contribution in [0, 0.1) is 12.8 Å². The summed E-state index contributed by atoms with van der Waals surface area (Å²) in [5, 5.41) is 2.96. The van der Waals surface area contributed by atoms with Crippen LogP contribution < -0.4 is 11.1 Å². The van der Waals surface area contributed by atoms with E-state index in [4.69, 9.17) is 5.73 Å². The van der Waals surface area contributed by atoms with Crippen molar-refractivity contribution < 1.29 is 4.79 Å². The molecule has 0 radical (unpaired) electrons. The average molecular weight is 275 g/mol. The second-order valence-electron chi connectivity index (χ2n) is 5.75. The van der Waals surface area contributed by atoms with Crippen molar-refractivity contribution in [3.63, 3.8) is 0 Å². The Balaban J connectivity index is 1.86. The molecule has 1 unspecified atom stereocenters. The monoisotopic (exact) mass is 275 g/mol. The number of anilines is 2. The van der Waals surface area contributed by atoms with Crippen LogP contribution in [0.3, 0.4) is 0 Å². The number of nitrogen functional groups attached to an aromatic ring is 1. The Morgan fingerprint density at radius 3 is 3.05 bits per heavy atom. The highest BCUT2D eigenvalue weighted by Crippen LogP contribution is 2.22. The van der Waals surface area contributed by atoms with E-state index in [9.17, 15) is 4.79 Å². The maximum atomic E-state index is 12.1. The minimum atomic E-state index is 0.0517. The molecule has 1 aromatic rings. The van der Waals surface area contributed by atoms with Crippen LogP contribution in [-0.2, 0) is 4.79 Å². The van der Waals surface area contributed by atoms with Crippen LogP contribution in [0.15, 0.2) is 18.2 Å². The molecule has 1 aliphatic heterocycles. The second kappa shape index (κ2) is 6.75. The fourth-order valence-corrected chi connectivity index (χ4v) is 2.88. The Bertz CT molecular complexity index is 473. The van der Waals surface area contributed by atoms with E-state index in [1.165, 1.54) is 19.3 Å². The van der Waals surface area contributed by atoms with E-state index in [0.717, 1.165) is 30.3 Å². The zero-order valence-electron chi connectivity index (χ0n) is 12.5. The van der Waals surface area contributed by atoms with E-state index in [1.54, 1.807) is 0 Å². The Morgan fingerprint density at radius 2 is 2.30 bits per heavy atom. The molecule has 110 valence electrons. The quantitative estimate of drug-likeness (QED) is 0.812. The maximum absolute atomic E-state index is 12.1. The van der Waals surface area contributed by atoms with Crippen molar-refractivity contribution in [3.8, 4) is 0 Å². The van der Waals surface area contributed by atoms with Crippen molar-refractivity contribution in [2.24, 2.45) is 5.92 Å². The predicted molar refractivity (Wildman–Crippen MR) is 83.7 cm³/mol. The average Bonchev–Trinajstić information content (AvgIpc) is 2.83. The summed E-state index contributed by atoms with van der Waals surface area (Å²) in [4.78, 5) is 14.4. The molecule has 1 saturated heterocycles. The molecular weight excluding hydrogens is 250 g/mol. The van der Waals surface area contributed by atoms with Gasteiger partial charge in [0.15, 0.2) is 0 Å². The number of nitrogens with one attached hydrogen (secondary N) is 1. The van der Waals surface area contributed by atoms with Gasteiger partial charge in [0.1, 0.15) is 0 Å². The van der Waals surface area contributed by atoms with Crippen molar-refractivity contribution in [2.75, 3.05) is 30.7 Å². The first kappa shape index (κ1) is 14.9. The first-order chi connectivity index (χ1) is 9.60. The predicted octanol–water partition coefficient (Wildman–Crippen LogP) is 2.64. The van der Waals surface area contributed by atoms with Gasteiger partial charge in [0, 0.05) is 17.9 Å². The van der Waals surface area contributed by atoms with Crippen LogP contribution in [0.5, 0.6) is 0 Å². The van der Waals surface area contributed by atoms with Gasteiger partial charge in [-0.15, -0.1) is 0 Å². The second-order valence-corrected chi connectivity index (χ2v) is 5.75. The van der Waals surface area contributed by atoms with Gasteiger partial charge in [-0.25, -0.2) is 0 Å². The molecule has 3 N–H and O–H groups in total. The van der Waals surface area contributed by atoms with Gasteiger partial charge in [-0.05, 0) is 49.9 Å². The summed E-state index contributed by atoms with van der Waals surface area (Å²) in [6.45, 7) is 6.72. The summed E-state index contributed by atoms with van der Waals surface area (Å²) in [5.74, 6) is 0.817. The summed E-state index contributed by atoms with van der Waals surface area (Å²) < 4.78 is 0. The third-order valence-corrected chi connectivity index (χ3v) is 4.08. The first-order valence-electron chi connectivity index (χ1n) is 7.47. The van der Waals surface area contributed by atoms with Gasteiger partial charge in [-0.3, -0.25) is 9.69 Å². The Hall–Kier alpha value is -1.55. The smallest absolute Gasteiger partial charge is 0.238 e. The Kier molecular flexibility index (Phi) is 5.01. The highest BCUT2D eigenvalue weighted by atomic mass is 16.2. The molecule has 2 rings (SSSR count). The highest BCUT2D eigenvalue weighted by Gasteiger charge is 2.23. The standard InChI is InChI=1S/C16H25N3O/c1-3-5-13-8-9-19(10-13)11-16(20)18-15-7-4-6-14(17)12(15)2/h4,6-7,13H,3,5,8-11,17H2,1-2H3,(H,18,20). The minimum Gasteiger partial charge on any atom is -0.398 e. The zero-order valence-corrected chi connectivity index (χ0v) is 12.5. The van der Waals surface area contributed by atoms with Gasteiger partial charge < -0.3 is 11.1 Å². The van der Waals surface area contributed by atoms with Crippen LogP contribution in [-0.4, -0.2) is 30.4 Å². The van der Waals surface area contributed by atoms with Crippen LogP contribution in [0.2, 0.25) is 0 Å². The summed E-state index contributed by atoms with van der Waals surface area (Å²) >= 11 is 0. The maximum Gasteiger partial charge on any atom is 0.238 e. The number of benzene rings is 1. The molecule has 1 aromatic carbocycles. The number of amides is 1. The van der Waals surface area contributed by atoms with Gasteiger partial charge in [0.05, 0.1) is 6.54 Å². The van der Waals surface area contributed by atoms with E-state index < -0.39 is 0 Å². The fraction of sp³-hybridized carbons (Fsp3) is 0.562. The van der Waals surface area contributed by atoms with E-state index in [0.29, 0.717) is 12.2 Å². The van der Waals surface area contributed by atoms with Crippen LogP contribution >= 0.6 is 0 Å². The molecule has 1 atom stereocenters. The van der Waals surface area contributed by atoms with E-state index in [1.807, 2.05) is 25.1 Å². The largest absolute Gasteiger partial charge is 0.398 e. The van der Waals surface area contributed by atoms with Crippen molar-refractivity contribution in [1.29, 1.82) is 0 Å². The van der Waals surface area contributed by atoms with Gasteiger partial charge in [-0.1, -0.05) is 19.4 Å². The lowest BCUT2D eigenvalue weighted by Crippen LogP contribution is -2.31. The lowest BCUT2D eigenvalue weighted by atomic mass is 10.0. The van der Waals surface area contributed by atoms with Crippen molar-refractivity contribution >= 4 is 17.3 Å². The van der Waals surface area contributed by atoms with Gasteiger partial charge in [-0.2, -0.15) is 0 Å². The molecule has 0 saturated carbocycles. The van der Waals surface area contributed by atoms with Gasteiger partial charge in [0.25, 0.3) is 0 Å². The third kappa shape index (κ3) is 3.73. The molecule has 1 amide bonds. The molecule has 0 spiro atoms. The summed E-state index contributed by atoms with van der Waals surface area (Å²) in [6, 6.07) is 5.61. The molecule has 0 bridgehead atoms. The number of likely N-dealkylation sites (tertiary alicyclic amines) is 1. The fourth-order valence-electron chi connectivity index (χ4n) is 2.88. The number of hydrogen-bond acceptors (Lipinski definition) is 3. The van der Waals surface area contributed by atoms with Crippen LogP contribution in [0.1, 0.15) is 31.7 Å². The number of carbonyl (C=O) groups excluding carboxylic acids is 1. The summed E-state index contributed by atoms with van der Waals surface area (Å²) in [6.07, 6.45) is 3.72. The molecule has 1 heterocycles. The summed E-state index contributed by atoms with van der Waals surface area (Å²) in [7, 11) is 0. The lowest BCUT2D eigenvalue weighted by molar-refractivity contribution is -0.117. The Morgan fingerprint density at radius 1 is 1.50 bits per heavy atom. The van der Waals surface area contributed by atoms with Crippen molar-refractivity contribution in [2.45, 2.75) is 33.1 Å². The molecule has 1 fully saturated rings. The third-order valence-electron chi connectivity index (χ3n) is 4.08. The summed E-state index contributed by atoms with van der Waals surface area (Å²) in [5.41, 5.74) is 8.32. The lowest BCUT2D eigenvalue weighted by Gasteiger charge is -2.16. The molecule has 4 heteroatoms. The van der Waals surface area contributed by atoms with Crippen molar-refractivity contribution in [1.82, 2.24) is 4.90 Å². The van der Waals surface area contributed by atoms with E-state index in [-0.39, 0.29) is 5.91 Å². The molecule has 1 aliphatic rings. The highest BCUT2D eigenvalue weighted by molar-refractivity contribution is 5.93. The molecule has 0 aliphatic carbocycles. The van der Waals surface area contributed by atoms with E-state index >= 15 is 0 Å². The Labute approximate surface area is 121 Å². The van der Waals surface area contributed by atoms with Gasteiger partial charge >= 0.3 is 0 Å². The normalized spacial score (nSPS) is 19.2. The molecule has 4 nitrogen and oxygen atoms in total. The first-order valence-corrected chi connectivity index (χ1v) is 7.47. The number of rotatable bonds is 5. The minimum absolute atomic E-state index is 0.0517.